The van der Waals surface area contributed by atoms with Gasteiger partial charge in [0.25, 0.3) is 0 Å². The van der Waals surface area contributed by atoms with Crippen LogP contribution in [0.25, 0.3) is 0 Å². The van der Waals surface area contributed by atoms with Gasteiger partial charge in [0.1, 0.15) is 0 Å². The molecule has 112 valence electrons. The summed E-state index contributed by atoms with van der Waals surface area (Å²) >= 11 is 0. The quantitative estimate of drug-likeness (QED) is 0.426. The summed E-state index contributed by atoms with van der Waals surface area (Å²) in [6.45, 7) is 7.34. The number of nitrogens with one attached hydrogen (secondary N) is 1. The number of nitrogens with zero attached hydrogens (tertiary/aromatic N) is 1. The Hall–Kier alpha value is -1.62. The first-order valence-corrected chi connectivity index (χ1v) is 7.18. The molecule has 0 radical (unpaired) electrons. The molecule has 1 N–H and O–H groups in total. The lowest BCUT2D eigenvalue weighted by atomic mass is 10.1. The standard InChI is InChI=1S/C15H24N2O3/c1-4-5-6-9-20-15-8-7-13(11-16-12(2)3)10-14(15)17(18)19/h7-8,10,12,16H,4-6,9,11H2,1-3H3. The number of hydrogen-bond donors (Lipinski definition) is 1. The van der Waals surface area contributed by atoms with E-state index in [1.165, 1.54) is 0 Å². The first-order valence-electron chi connectivity index (χ1n) is 7.18. The molecule has 0 bridgehead atoms. The van der Waals surface area contributed by atoms with Crippen LogP contribution >= 0.6 is 0 Å². The van der Waals surface area contributed by atoms with E-state index >= 15 is 0 Å². The van der Waals surface area contributed by atoms with Crippen molar-refractivity contribution in [2.24, 2.45) is 0 Å². The fourth-order valence-electron chi connectivity index (χ4n) is 1.79. The summed E-state index contributed by atoms with van der Waals surface area (Å²) in [5.41, 5.74) is 0.941. The maximum absolute atomic E-state index is 11.1. The molecule has 0 amide bonds. The largest absolute Gasteiger partial charge is 0.487 e. The molecule has 0 aromatic heterocycles. The number of ether oxygens (including phenoxy) is 1. The normalized spacial score (nSPS) is 10.8. The number of nitro benzene ring substituents is 1. The second-order valence-corrected chi connectivity index (χ2v) is 5.15. The number of unbranched alkanes of at least 4 members (excludes halogenated alkanes) is 2. The van der Waals surface area contributed by atoms with Gasteiger partial charge in [0.05, 0.1) is 11.5 Å². The highest BCUT2D eigenvalue weighted by molar-refractivity contribution is 5.48. The minimum Gasteiger partial charge on any atom is -0.487 e. The first-order chi connectivity index (χ1) is 9.54. The van der Waals surface area contributed by atoms with Crippen LogP contribution in [0.3, 0.4) is 0 Å². The van der Waals surface area contributed by atoms with E-state index in [2.05, 4.69) is 12.2 Å². The van der Waals surface area contributed by atoms with E-state index in [1.54, 1.807) is 12.1 Å². The molecule has 0 atom stereocenters. The third-order valence-corrected chi connectivity index (χ3v) is 2.94. The van der Waals surface area contributed by atoms with Crippen molar-refractivity contribution in [1.29, 1.82) is 0 Å². The number of hydrogen-bond acceptors (Lipinski definition) is 4. The summed E-state index contributed by atoms with van der Waals surface area (Å²) in [6.07, 6.45) is 3.10. The van der Waals surface area contributed by atoms with Gasteiger partial charge in [-0.3, -0.25) is 10.1 Å². The van der Waals surface area contributed by atoms with E-state index in [4.69, 9.17) is 4.74 Å². The van der Waals surface area contributed by atoms with Crippen LogP contribution in [0, 0.1) is 10.1 Å². The molecule has 5 heteroatoms. The van der Waals surface area contributed by atoms with Gasteiger partial charge in [-0.1, -0.05) is 39.7 Å². The van der Waals surface area contributed by atoms with Crippen molar-refractivity contribution in [2.75, 3.05) is 6.61 Å². The van der Waals surface area contributed by atoms with Crippen molar-refractivity contribution in [2.45, 2.75) is 52.6 Å². The smallest absolute Gasteiger partial charge is 0.311 e. The molecule has 0 spiro atoms. The molecule has 5 nitrogen and oxygen atoms in total. The summed E-state index contributed by atoms with van der Waals surface area (Å²) in [4.78, 5) is 10.7. The Morgan fingerprint density at radius 1 is 1.35 bits per heavy atom. The van der Waals surface area contributed by atoms with Gasteiger partial charge in [0, 0.05) is 18.7 Å². The molecule has 1 aromatic rings. The molecule has 0 saturated heterocycles. The Balaban J connectivity index is 2.71. The van der Waals surface area contributed by atoms with Crippen LogP contribution in [-0.4, -0.2) is 17.6 Å². The van der Waals surface area contributed by atoms with Gasteiger partial charge in [-0.25, -0.2) is 0 Å². The molecule has 0 unspecified atom stereocenters. The fraction of sp³-hybridized carbons (Fsp3) is 0.600. The highest BCUT2D eigenvalue weighted by atomic mass is 16.6. The maximum Gasteiger partial charge on any atom is 0.311 e. The Morgan fingerprint density at radius 2 is 2.10 bits per heavy atom. The summed E-state index contributed by atoms with van der Waals surface area (Å²) in [5, 5.41) is 14.3. The molecule has 0 saturated carbocycles. The van der Waals surface area contributed by atoms with Gasteiger partial charge in [0.15, 0.2) is 5.75 Å². The predicted molar refractivity (Wildman–Crippen MR) is 80.1 cm³/mol. The molecule has 0 aliphatic carbocycles. The van der Waals surface area contributed by atoms with Crippen molar-refractivity contribution in [3.05, 3.63) is 33.9 Å². The van der Waals surface area contributed by atoms with E-state index < -0.39 is 0 Å². The minimum atomic E-state index is -0.381. The van der Waals surface area contributed by atoms with Crippen molar-refractivity contribution in [3.63, 3.8) is 0 Å². The SMILES string of the molecule is CCCCCOc1ccc(CNC(C)C)cc1[N+](=O)[O-]. The molecule has 1 aromatic carbocycles. The Labute approximate surface area is 120 Å². The van der Waals surface area contributed by atoms with Gasteiger partial charge in [-0.2, -0.15) is 0 Å². The zero-order chi connectivity index (χ0) is 15.0. The lowest BCUT2D eigenvalue weighted by molar-refractivity contribution is -0.385. The first kappa shape index (κ1) is 16.4. The monoisotopic (exact) mass is 280 g/mol. The van der Waals surface area contributed by atoms with Crippen molar-refractivity contribution in [3.8, 4) is 5.75 Å². The van der Waals surface area contributed by atoms with E-state index in [0.717, 1.165) is 24.8 Å². The van der Waals surface area contributed by atoms with Crippen LogP contribution in [0.2, 0.25) is 0 Å². The number of benzene rings is 1. The second kappa shape index (κ2) is 8.53. The Kier molecular flexibility index (Phi) is 7.01. The molecule has 0 aliphatic rings. The minimum absolute atomic E-state index is 0.0459. The lowest BCUT2D eigenvalue weighted by Crippen LogP contribution is -2.21. The summed E-state index contributed by atoms with van der Waals surface area (Å²) in [7, 11) is 0. The van der Waals surface area contributed by atoms with Crippen molar-refractivity contribution in [1.82, 2.24) is 5.32 Å². The summed E-state index contributed by atoms with van der Waals surface area (Å²) in [6, 6.07) is 5.50. The van der Waals surface area contributed by atoms with E-state index in [-0.39, 0.29) is 10.6 Å². The highest BCUT2D eigenvalue weighted by Gasteiger charge is 2.15. The third-order valence-electron chi connectivity index (χ3n) is 2.94. The van der Waals surface area contributed by atoms with Crippen LogP contribution < -0.4 is 10.1 Å². The van der Waals surface area contributed by atoms with Crippen LogP contribution in [0.1, 0.15) is 45.6 Å². The lowest BCUT2D eigenvalue weighted by Gasteiger charge is -2.10. The number of nitro groups is 1. The zero-order valence-electron chi connectivity index (χ0n) is 12.5. The van der Waals surface area contributed by atoms with Gasteiger partial charge >= 0.3 is 5.69 Å². The highest BCUT2D eigenvalue weighted by Crippen LogP contribution is 2.28. The van der Waals surface area contributed by atoms with Gasteiger partial charge in [0.2, 0.25) is 0 Å². The van der Waals surface area contributed by atoms with Crippen LogP contribution in [0.4, 0.5) is 5.69 Å². The molecule has 0 fully saturated rings. The number of rotatable bonds is 9. The molecular formula is C15H24N2O3. The van der Waals surface area contributed by atoms with Crippen LogP contribution in [0.15, 0.2) is 18.2 Å². The van der Waals surface area contributed by atoms with Gasteiger partial charge in [-0.15, -0.1) is 0 Å². The average Bonchev–Trinajstić information content (AvgIpc) is 2.41. The van der Waals surface area contributed by atoms with Crippen LogP contribution in [-0.2, 0) is 6.54 Å². The van der Waals surface area contributed by atoms with E-state index in [9.17, 15) is 10.1 Å². The fourth-order valence-corrected chi connectivity index (χ4v) is 1.79. The molecule has 1 rings (SSSR count). The molecular weight excluding hydrogens is 256 g/mol. The average molecular weight is 280 g/mol. The van der Waals surface area contributed by atoms with Crippen molar-refractivity contribution >= 4 is 5.69 Å². The summed E-state index contributed by atoms with van der Waals surface area (Å²) in [5.74, 6) is 0.361. The predicted octanol–water partition coefficient (Wildman–Crippen LogP) is 3.66. The van der Waals surface area contributed by atoms with E-state index in [0.29, 0.717) is 24.9 Å². The molecule has 0 aliphatic heterocycles. The van der Waals surface area contributed by atoms with Gasteiger partial charge in [-0.05, 0) is 18.1 Å². The zero-order valence-corrected chi connectivity index (χ0v) is 12.5. The maximum atomic E-state index is 11.1. The Morgan fingerprint density at radius 3 is 2.70 bits per heavy atom. The van der Waals surface area contributed by atoms with Crippen LogP contribution in [0.5, 0.6) is 5.75 Å². The third kappa shape index (κ3) is 5.57. The molecule has 0 heterocycles. The second-order valence-electron chi connectivity index (χ2n) is 5.15. The molecule has 20 heavy (non-hydrogen) atoms. The Bertz CT molecular complexity index is 433. The summed E-state index contributed by atoms with van der Waals surface area (Å²) < 4.78 is 5.52. The van der Waals surface area contributed by atoms with Gasteiger partial charge < -0.3 is 10.1 Å². The van der Waals surface area contributed by atoms with E-state index in [1.807, 2.05) is 19.9 Å². The van der Waals surface area contributed by atoms with Crippen molar-refractivity contribution < 1.29 is 9.66 Å². The topological polar surface area (TPSA) is 64.4 Å².